The van der Waals surface area contributed by atoms with Gasteiger partial charge in [-0.3, -0.25) is 0 Å². The molecule has 4 heteroatoms. The first-order valence-electron chi connectivity index (χ1n) is 8.84. The Kier molecular flexibility index (Phi) is 4.91. The fourth-order valence-corrected chi connectivity index (χ4v) is 5.79. The second-order valence-corrected chi connectivity index (χ2v) is 8.82. The number of hydrogen-bond acceptors (Lipinski definition) is 4. The zero-order valence-corrected chi connectivity index (χ0v) is 16.3. The smallest absolute Gasteiger partial charge is 0.128 e. The van der Waals surface area contributed by atoms with Crippen LogP contribution in [0.15, 0.2) is 41.4 Å². The van der Waals surface area contributed by atoms with Gasteiger partial charge in [-0.15, -0.1) is 23.1 Å². The van der Waals surface area contributed by atoms with Gasteiger partial charge >= 0.3 is 0 Å². The van der Waals surface area contributed by atoms with E-state index in [2.05, 4.69) is 43.3 Å². The Labute approximate surface area is 157 Å². The summed E-state index contributed by atoms with van der Waals surface area (Å²) in [6.45, 7) is 4.36. The van der Waals surface area contributed by atoms with Crippen molar-refractivity contribution < 1.29 is 0 Å². The topological polar surface area (TPSA) is 25.8 Å². The fourth-order valence-electron chi connectivity index (χ4n) is 3.39. The van der Waals surface area contributed by atoms with E-state index < -0.39 is 0 Å². The van der Waals surface area contributed by atoms with Crippen molar-refractivity contribution >= 4 is 39.4 Å². The second-order valence-electron chi connectivity index (χ2n) is 6.73. The van der Waals surface area contributed by atoms with Gasteiger partial charge in [0, 0.05) is 16.0 Å². The quantitative estimate of drug-likeness (QED) is 0.423. The molecule has 1 aliphatic rings. The molecule has 2 nitrogen and oxygen atoms in total. The number of benzene rings is 1. The van der Waals surface area contributed by atoms with Gasteiger partial charge in [0.25, 0.3) is 0 Å². The zero-order valence-electron chi connectivity index (χ0n) is 14.7. The Balaban J connectivity index is 1.59. The summed E-state index contributed by atoms with van der Waals surface area (Å²) in [4.78, 5) is 12.2. The predicted molar refractivity (Wildman–Crippen MR) is 110 cm³/mol. The molecule has 128 valence electrons. The summed E-state index contributed by atoms with van der Waals surface area (Å²) in [5.41, 5.74) is 2.77. The molecule has 0 saturated heterocycles. The maximum Gasteiger partial charge on any atom is 0.128 e. The molecule has 1 atom stereocenters. The summed E-state index contributed by atoms with van der Waals surface area (Å²) in [7, 11) is 0. The molecule has 3 aromatic rings. The molecule has 2 heterocycles. The number of aromatic nitrogens is 2. The van der Waals surface area contributed by atoms with Crippen LogP contribution < -0.4 is 0 Å². The third kappa shape index (κ3) is 3.65. The Bertz CT molecular complexity index is 913. The standard InChI is InChI=1S/C21H22N2S2/c1-14-10-11-17-18(13-14)25-21-19(17)20(22-15(2)23-21)24-12-6-9-16-7-4-3-5-8-16/h3-9,14H,10-13H2,1-2H3/b9-6+. The molecule has 1 aromatic carbocycles. The van der Waals surface area contributed by atoms with Gasteiger partial charge < -0.3 is 0 Å². The lowest BCUT2D eigenvalue weighted by atomic mass is 9.89. The maximum atomic E-state index is 4.77. The lowest BCUT2D eigenvalue weighted by molar-refractivity contribution is 0.509. The highest BCUT2D eigenvalue weighted by atomic mass is 32.2. The van der Waals surface area contributed by atoms with E-state index in [1.165, 1.54) is 45.5 Å². The average Bonchev–Trinajstić information content (AvgIpc) is 2.96. The molecular weight excluding hydrogens is 344 g/mol. The molecule has 0 fully saturated rings. The van der Waals surface area contributed by atoms with E-state index in [9.17, 15) is 0 Å². The van der Waals surface area contributed by atoms with E-state index in [1.54, 1.807) is 0 Å². The molecule has 0 aliphatic heterocycles. The van der Waals surface area contributed by atoms with Crippen molar-refractivity contribution in [2.24, 2.45) is 5.92 Å². The molecule has 25 heavy (non-hydrogen) atoms. The monoisotopic (exact) mass is 366 g/mol. The predicted octanol–water partition coefficient (Wildman–Crippen LogP) is 5.93. The van der Waals surface area contributed by atoms with Crippen LogP contribution in [-0.4, -0.2) is 15.7 Å². The molecule has 0 amide bonds. The summed E-state index contributed by atoms with van der Waals surface area (Å²) >= 11 is 3.72. The van der Waals surface area contributed by atoms with Crippen LogP contribution in [0.3, 0.4) is 0 Å². The third-order valence-corrected chi connectivity index (χ3v) is 6.74. The van der Waals surface area contributed by atoms with Crippen LogP contribution in [0.5, 0.6) is 0 Å². The van der Waals surface area contributed by atoms with Gasteiger partial charge in [-0.25, -0.2) is 9.97 Å². The molecule has 0 N–H and O–H groups in total. The summed E-state index contributed by atoms with van der Waals surface area (Å²) in [6, 6.07) is 10.5. The normalized spacial score (nSPS) is 17.3. The van der Waals surface area contributed by atoms with Gasteiger partial charge in [-0.05, 0) is 43.2 Å². The van der Waals surface area contributed by atoms with Gasteiger partial charge in [-0.1, -0.05) is 49.4 Å². The second kappa shape index (κ2) is 7.30. The van der Waals surface area contributed by atoms with E-state index in [-0.39, 0.29) is 0 Å². The van der Waals surface area contributed by atoms with Crippen LogP contribution in [0.4, 0.5) is 0 Å². The number of aryl methyl sites for hydroxylation is 2. The molecule has 0 saturated carbocycles. The van der Waals surface area contributed by atoms with E-state index in [4.69, 9.17) is 9.97 Å². The minimum Gasteiger partial charge on any atom is -0.226 e. The van der Waals surface area contributed by atoms with Gasteiger partial charge in [-0.2, -0.15) is 0 Å². The van der Waals surface area contributed by atoms with Crippen molar-refractivity contribution in [3.05, 3.63) is 58.2 Å². The lowest BCUT2D eigenvalue weighted by Gasteiger charge is -2.18. The summed E-state index contributed by atoms with van der Waals surface area (Å²) < 4.78 is 0. The molecule has 1 unspecified atom stereocenters. The van der Waals surface area contributed by atoms with Gasteiger partial charge in [0.1, 0.15) is 15.7 Å². The Hall–Kier alpha value is -1.65. The van der Waals surface area contributed by atoms with E-state index in [1.807, 2.05) is 36.1 Å². The highest BCUT2D eigenvalue weighted by Crippen LogP contribution is 2.40. The molecule has 4 rings (SSSR count). The minimum absolute atomic E-state index is 0.791. The van der Waals surface area contributed by atoms with Crippen molar-refractivity contribution in [1.82, 2.24) is 9.97 Å². The van der Waals surface area contributed by atoms with Crippen LogP contribution >= 0.6 is 23.1 Å². The molecule has 0 spiro atoms. The number of hydrogen-bond donors (Lipinski definition) is 0. The van der Waals surface area contributed by atoms with Crippen LogP contribution in [0.1, 0.15) is 35.2 Å². The maximum absolute atomic E-state index is 4.77. The first-order valence-corrected chi connectivity index (χ1v) is 10.6. The average molecular weight is 367 g/mol. The van der Waals surface area contributed by atoms with E-state index >= 15 is 0 Å². The van der Waals surface area contributed by atoms with E-state index in [0.29, 0.717) is 0 Å². The molecule has 1 aliphatic carbocycles. The summed E-state index contributed by atoms with van der Waals surface area (Å²) in [5, 5.41) is 2.49. The first-order chi connectivity index (χ1) is 12.2. The van der Waals surface area contributed by atoms with Gasteiger partial charge in [0.2, 0.25) is 0 Å². The van der Waals surface area contributed by atoms with E-state index in [0.717, 1.165) is 22.5 Å². The number of thiophene rings is 1. The van der Waals surface area contributed by atoms with Crippen molar-refractivity contribution in [3.63, 3.8) is 0 Å². The largest absolute Gasteiger partial charge is 0.226 e. The van der Waals surface area contributed by atoms with Crippen molar-refractivity contribution in [1.29, 1.82) is 0 Å². The number of fused-ring (bicyclic) bond motifs is 3. The van der Waals surface area contributed by atoms with Crippen molar-refractivity contribution in [2.45, 2.75) is 38.1 Å². The highest BCUT2D eigenvalue weighted by Gasteiger charge is 2.23. The first kappa shape index (κ1) is 16.8. The van der Waals surface area contributed by atoms with Gasteiger partial charge in [0.15, 0.2) is 0 Å². The van der Waals surface area contributed by atoms with Crippen LogP contribution in [0.2, 0.25) is 0 Å². The number of rotatable bonds is 4. The molecular formula is C21H22N2S2. The van der Waals surface area contributed by atoms with Crippen molar-refractivity contribution in [2.75, 3.05) is 5.75 Å². The Morgan fingerprint density at radius 1 is 1.24 bits per heavy atom. The van der Waals surface area contributed by atoms with Crippen LogP contribution in [-0.2, 0) is 12.8 Å². The minimum atomic E-state index is 0.791. The number of nitrogens with zero attached hydrogens (tertiary/aromatic N) is 2. The van der Waals surface area contributed by atoms with Crippen LogP contribution in [0, 0.1) is 12.8 Å². The zero-order chi connectivity index (χ0) is 17.2. The Morgan fingerprint density at radius 2 is 2.08 bits per heavy atom. The van der Waals surface area contributed by atoms with Gasteiger partial charge in [0.05, 0.1) is 0 Å². The van der Waals surface area contributed by atoms with Crippen molar-refractivity contribution in [3.8, 4) is 0 Å². The summed E-state index contributed by atoms with van der Waals surface area (Å²) in [6.07, 6.45) is 8.07. The SMILES string of the molecule is Cc1nc(SC/C=C/c2ccccc2)c2c3c(sc2n1)CC(C)CC3. The highest BCUT2D eigenvalue weighted by molar-refractivity contribution is 7.99. The number of thioether (sulfide) groups is 1. The fraction of sp³-hybridized carbons (Fsp3) is 0.333. The Morgan fingerprint density at radius 3 is 2.92 bits per heavy atom. The lowest BCUT2D eigenvalue weighted by Crippen LogP contribution is -2.08. The summed E-state index contributed by atoms with van der Waals surface area (Å²) in [5.74, 6) is 2.61. The molecule has 0 bridgehead atoms. The molecule has 0 radical (unpaired) electrons. The third-order valence-electron chi connectivity index (χ3n) is 4.66. The van der Waals surface area contributed by atoms with Crippen LogP contribution in [0.25, 0.3) is 16.3 Å². The molecule has 2 aromatic heterocycles.